The maximum absolute atomic E-state index is 13.4. The third kappa shape index (κ3) is 6.37. The Morgan fingerprint density at radius 3 is 2.03 bits per heavy atom. The second kappa shape index (κ2) is 11.5. The molecule has 0 unspecified atom stereocenters. The summed E-state index contributed by atoms with van der Waals surface area (Å²) in [5.41, 5.74) is 1.45. The maximum Gasteiger partial charge on any atom is 0.429 e. The zero-order valence-electron chi connectivity index (χ0n) is 18.9. The number of rotatable bonds is 8. The highest BCUT2D eigenvalue weighted by atomic mass is 35.5. The highest BCUT2D eigenvalue weighted by Crippen LogP contribution is 2.26. The van der Waals surface area contributed by atoms with Gasteiger partial charge in [-0.1, -0.05) is 71.7 Å². The first kappa shape index (κ1) is 25.6. The predicted octanol–water partition coefficient (Wildman–Crippen LogP) is 6.96. The summed E-state index contributed by atoms with van der Waals surface area (Å²) < 4.78 is 38.6. The van der Waals surface area contributed by atoms with Gasteiger partial charge in [-0.05, 0) is 65.7 Å². The summed E-state index contributed by atoms with van der Waals surface area (Å²) in [7, 11) is -4.28. The number of hydrogen-bond acceptors (Lipinski definition) is 5. The monoisotopic (exact) mass is 541 g/mol. The predicted molar refractivity (Wildman–Crippen MR) is 139 cm³/mol. The van der Waals surface area contributed by atoms with Crippen molar-refractivity contribution in [3.05, 3.63) is 124 Å². The lowest BCUT2D eigenvalue weighted by atomic mass is 10.2. The summed E-state index contributed by atoms with van der Waals surface area (Å²) in [6, 6.07) is 28.2. The van der Waals surface area contributed by atoms with Crippen LogP contribution in [0.1, 0.15) is 11.1 Å². The molecule has 0 radical (unpaired) electrons. The van der Waals surface area contributed by atoms with Crippen LogP contribution in [0.3, 0.4) is 0 Å². The smallest absolute Gasteiger partial charge is 0.429 e. The molecule has 0 saturated heterocycles. The van der Waals surface area contributed by atoms with E-state index in [0.29, 0.717) is 32.3 Å². The van der Waals surface area contributed by atoms with E-state index in [9.17, 15) is 13.2 Å². The Kier molecular flexibility index (Phi) is 8.15. The minimum atomic E-state index is -4.28. The van der Waals surface area contributed by atoms with E-state index in [1.807, 2.05) is 30.3 Å². The minimum absolute atomic E-state index is 0.111. The molecule has 0 aliphatic rings. The SMILES string of the molecule is O=C(Oc1ccc(OCc2ccccc2)cc1)N(Cc1ccccc1Cl)S(=O)(=O)c1ccc(Cl)cc1. The number of sulfonamides is 1. The van der Waals surface area contributed by atoms with Crippen LogP contribution in [0.15, 0.2) is 108 Å². The molecule has 4 aromatic rings. The van der Waals surface area contributed by atoms with Gasteiger partial charge in [0.25, 0.3) is 10.0 Å². The molecule has 0 saturated carbocycles. The second-order valence-electron chi connectivity index (χ2n) is 7.67. The van der Waals surface area contributed by atoms with Gasteiger partial charge in [0.1, 0.15) is 18.1 Å². The minimum Gasteiger partial charge on any atom is -0.489 e. The van der Waals surface area contributed by atoms with Crippen molar-refractivity contribution in [3.63, 3.8) is 0 Å². The van der Waals surface area contributed by atoms with Gasteiger partial charge in [0.15, 0.2) is 0 Å². The number of nitrogens with zero attached hydrogens (tertiary/aromatic N) is 1. The van der Waals surface area contributed by atoms with Crippen LogP contribution in [0.4, 0.5) is 4.79 Å². The van der Waals surface area contributed by atoms with Gasteiger partial charge in [0, 0.05) is 10.0 Å². The number of ether oxygens (including phenoxy) is 2. The average molecular weight is 542 g/mol. The van der Waals surface area contributed by atoms with E-state index < -0.39 is 16.1 Å². The molecule has 36 heavy (non-hydrogen) atoms. The molecule has 0 spiro atoms. The lowest BCUT2D eigenvalue weighted by molar-refractivity contribution is 0.177. The van der Waals surface area contributed by atoms with Crippen molar-refractivity contribution >= 4 is 39.3 Å². The molecule has 0 atom stereocenters. The summed E-state index contributed by atoms with van der Waals surface area (Å²) in [5, 5.41) is 0.685. The molecule has 184 valence electrons. The van der Waals surface area contributed by atoms with Gasteiger partial charge in [0.2, 0.25) is 0 Å². The molecule has 0 heterocycles. The van der Waals surface area contributed by atoms with E-state index in [-0.39, 0.29) is 17.2 Å². The summed E-state index contributed by atoms with van der Waals surface area (Å²) in [5.74, 6) is 0.725. The number of halogens is 2. The second-order valence-corrected chi connectivity index (χ2v) is 10.4. The Balaban J connectivity index is 1.53. The molecule has 1 amide bonds. The molecular formula is C27H21Cl2NO5S. The third-order valence-corrected chi connectivity index (χ3v) is 7.50. The fourth-order valence-corrected chi connectivity index (χ4v) is 4.86. The molecule has 0 aliphatic heterocycles. The van der Waals surface area contributed by atoms with Crippen molar-refractivity contribution in [3.8, 4) is 11.5 Å². The van der Waals surface area contributed by atoms with Crippen molar-refractivity contribution in [2.24, 2.45) is 0 Å². The van der Waals surface area contributed by atoms with Crippen molar-refractivity contribution in [1.82, 2.24) is 4.31 Å². The van der Waals surface area contributed by atoms with Crippen molar-refractivity contribution < 1.29 is 22.7 Å². The quantitative estimate of drug-likeness (QED) is 0.241. The van der Waals surface area contributed by atoms with E-state index >= 15 is 0 Å². The molecule has 0 fully saturated rings. The number of hydrogen-bond donors (Lipinski definition) is 0. The molecule has 4 rings (SSSR count). The Hall–Kier alpha value is -3.52. The van der Waals surface area contributed by atoms with E-state index in [1.54, 1.807) is 36.4 Å². The zero-order valence-corrected chi connectivity index (χ0v) is 21.2. The molecule has 0 N–H and O–H groups in total. The summed E-state index contributed by atoms with van der Waals surface area (Å²) in [6.45, 7) is 0.0622. The lowest BCUT2D eigenvalue weighted by Gasteiger charge is -2.22. The van der Waals surface area contributed by atoms with Gasteiger partial charge >= 0.3 is 6.09 Å². The normalized spacial score (nSPS) is 11.1. The highest BCUT2D eigenvalue weighted by molar-refractivity contribution is 7.89. The third-order valence-electron chi connectivity index (χ3n) is 5.15. The maximum atomic E-state index is 13.4. The van der Waals surface area contributed by atoms with Crippen molar-refractivity contribution in [1.29, 1.82) is 0 Å². The number of amides is 1. The first-order valence-electron chi connectivity index (χ1n) is 10.8. The topological polar surface area (TPSA) is 72.9 Å². The van der Waals surface area contributed by atoms with Crippen LogP contribution in [0.2, 0.25) is 10.0 Å². The molecule has 6 nitrogen and oxygen atoms in total. The zero-order chi connectivity index (χ0) is 25.5. The van der Waals surface area contributed by atoms with E-state index in [1.165, 1.54) is 36.4 Å². The standard InChI is InChI=1S/C27H21Cl2NO5S/c28-22-10-16-25(17-11-22)36(32,33)30(18-21-8-4-5-9-26(21)29)27(31)35-24-14-12-23(13-15-24)34-19-20-6-2-1-3-7-20/h1-17H,18-19H2. The largest absolute Gasteiger partial charge is 0.489 e. The van der Waals surface area contributed by atoms with Gasteiger partial charge in [-0.2, -0.15) is 4.31 Å². The molecule has 4 aromatic carbocycles. The Morgan fingerprint density at radius 1 is 0.750 bits per heavy atom. The number of benzene rings is 4. The molecule has 0 aliphatic carbocycles. The van der Waals surface area contributed by atoms with E-state index in [2.05, 4.69) is 0 Å². The van der Waals surface area contributed by atoms with Crippen LogP contribution in [0.25, 0.3) is 0 Å². The first-order valence-corrected chi connectivity index (χ1v) is 13.0. The van der Waals surface area contributed by atoms with Crippen LogP contribution < -0.4 is 9.47 Å². The Labute approximate surface area is 219 Å². The van der Waals surface area contributed by atoms with Crippen molar-refractivity contribution in [2.75, 3.05) is 0 Å². The number of carbonyl (C=O) groups excluding carboxylic acids is 1. The van der Waals surface area contributed by atoms with E-state index in [4.69, 9.17) is 32.7 Å². The van der Waals surface area contributed by atoms with Gasteiger partial charge in [0.05, 0.1) is 11.4 Å². The van der Waals surface area contributed by atoms with Crippen molar-refractivity contribution in [2.45, 2.75) is 18.0 Å². The molecule has 9 heteroatoms. The van der Waals surface area contributed by atoms with Crippen LogP contribution in [-0.2, 0) is 23.2 Å². The van der Waals surface area contributed by atoms with Gasteiger partial charge in [-0.3, -0.25) is 0 Å². The van der Waals surface area contributed by atoms with Crippen LogP contribution in [0.5, 0.6) is 11.5 Å². The van der Waals surface area contributed by atoms with Crippen LogP contribution in [0, 0.1) is 0 Å². The van der Waals surface area contributed by atoms with Gasteiger partial charge in [-0.15, -0.1) is 0 Å². The summed E-state index contributed by atoms with van der Waals surface area (Å²) in [4.78, 5) is 13.0. The Bertz CT molecular complexity index is 1430. The van der Waals surface area contributed by atoms with E-state index in [0.717, 1.165) is 5.56 Å². The van der Waals surface area contributed by atoms with Gasteiger partial charge in [-0.25, -0.2) is 13.2 Å². The fourth-order valence-electron chi connectivity index (χ4n) is 3.26. The lowest BCUT2D eigenvalue weighted by Crippen LogP contribution is -2.38. The highest BCUT2D eigenvalue weighted by Gasteiger charge is 2.32. The average Bonchev–Trinajstić information content (AvgIpc) is 2.88. The molecular weight excluding hydrogens is 521 g/mol. The summed E-state index contributed by atoms with van der Waals surface area (Å²) in [6.07, 6.45) is -1.08. The molecule has 0 bridgehead atoms. The molecule has 0 aromatic heterocycles. The fraction of sp³-hybridized carbons (Fsp3) is 0.0741. The van der Waals surface area contributed by atoms with Gasteiger partial charge < -0.3 is 9.47 Å². The van der Waals surface area contributed by atoms with Crippen LogP contribution >= 0.6 is 23.2 Å². The first-order chi connectivity index (χ1) is 17.3. The Morgan fingerprint density at radius 2 is 1.36 bits per heavy atom. The number of carbonyl (C=O) groups is 1. The van der Waals surface area contributed by atoms with Crippen LogP contribution in [-0.4, -0.2) is 18.8 Å². The summed E-state index contributed by atoms with van der Waals surface area (Å²) >= 11 is 12.1.